The number of carbonyl (C=O) groups excluding carboxylic acids is 3. The van der Waals surface area contributed by atoms with Gasteiger partial charge in [0.2, 0.25) is 0 Å². The van der Waals surface area contributed by atoms with Gasteiger partial charge in [0.05, 0.1) is 0 Å². The van der Waals surface area contributed by atoms with E-state index >= 15 is 0 Å². The van der Waals surface area contributed by atoms with E-state index in [2.05, 4.69) is 5.32 Å². The molecule has 0 amide bonds. The van der Waals surface area contributed by atoms with Crippen molar-refractivity contribution in [1.82, 2.24) is 5.32 Å². The zero-order chi connectivity index (χ0) is 11.6. The van der Waals surface area contributed by atoms with Gasteiger partial charge < -0.3 is 5.32 Å². The first-order valence-corrected chi connectivity index (χ1v) is 5.03. The van der Waals surface area contributed by atoms with Crippen molar-refractivity contribution in [2.45, 2.75) is 20.8 Å². The average Bonchev–Trinajstić information content (AvgIpc) is 2.16. The Hall–Kier alpha value is -1.03. The molecule has 1 heterocycles. The fraction of sp³-hybridized carbons (Fsp3) is 0.636. The lowest BCUT2D eigenvalue weighted by Crippen LogP contribution is -2.48. The van der Waals surface area contributed by atoms with E-state index in [4.69, 9.17) is 0 Å². The number of rotatable bonds is 3. The Kier molecular flexibility index (Phi) is 3.74. The van der Waals surface area contributed by atoms with Crippen molar-refractivity contribution < 1.29 is 14.4 Å². The molecule has 4 nitrogen and oxygen atoms in total. The highest BCUT2D eigenvalue weighted by atomic mass is 16.1. The van der Waals surface area contributed by atoms with Crippen LogP contribution in [0.3, 0.4) is 0 Å². The number of carbonyl (C=O) groups is 3. The van der Waals surface area contributed by atoms with E-state index in [0.717, 1.165) is 0 Å². The summed E-state index contributed by atoms with van der Waals surface area (Å²) in [6, 6.07) is 0. The summed E-state index contributed by atoms with van der Waals surface area (Å²) >= 11 is 0. The van der Waals surface area contributed by atoms with Gasteiger partial charge in [-0.05, 0) is 20.8 Å². The molecule has 0 aromatic carbocycles. The van der Waals surface area contributed by atoms with Gasteiger partial charge in [0.15, 0.2) is 0 Å². The molecule has 1 N–H and O–H groups in total. The minimum Gasteiger partial charge on any atom is -0.311 e. The molecule has 0 aromatic heterocycles. The minimum absolute atomic E-state index is 0.0398. The Bertz CT molecular complexity index is 276. The maximum atomic E-state index is 11.5. The number of hydrogen-bond acceptors (Lipinski definition) is 4. The fourth-order valence-corrected chi connectivity index (χ4v) is 2.11. The quantitative estimate of drug-likeness (QED) is 0.731. The lowest BCUT2D eigenvalue weighted by atomic mass is 9.73. The monoisotopic (exact) mass is 210 g/mol. The zero-order valence-corrected chi connectivity index (χ0v) is 9.24. The lowest BCUT2D eigenvalue weighted by molar-refractivity contribution is -0.137. The molecule has 3 atom stereocenters. The maximum Gasteiger partial charge on any atom is 0.135 e. The zero-order valence-electron chi connectivity index (χ0n) is 9.24. The number of Topliss-reactive ketones (excluding diaryl/α,β-unsaturated/α-hetero) is 3. The van der Waals surface area contributed by atoms with Crippen molar-refractivity contribution in [2.75, 3.05) is 6.54 Å². The highest BCUT2D eigenvalue weighted by Gasteiger charge is 2.40. The Morgan fingerprint density at radius 2 is 1.67 bits per heavy atom. The van der Waals surface area contributed by atoms with Crippen LogP contribution in [0, 0.1) is 24.3 Å². The summed E-state index contributed by atoms with van der Waals surface area (Å²) in [7, 11) is 0. The Morgan fingerprint density at radius 3 is 2.07 bits per heavy atom. The van der Waals surface area contributed by atoms with Gasteiger partial charge in [-0.1, -0.05) is 0 Å². The molecule has 0 saturated carbocycles. The molecule has 1 radical (unpaired) electrons. The first-order valence-electron chi connectivity index (χ1n) is 5.03. The van der Waals surface area contributed by atoms with Gasteiger partial charge in [0, 0.05) is 30.8 Å². The van der Waals surface area contributed by atoms with Gasteiger partial charge in [-0.2, -0.15) is 0 Å². The standard InChI is InChI=1S/C11H16NO3/c1-6(13)9-4-12-5-10(7(2)14)11(9)8(3)15/h4,9-12H,5H2,1-3H3. The molecule has 0 aromatic rings. The lowest BCUT2D eigenvalue weighted by Gasteiger charge is -2.34. The van der Waals surface area contributed by atoms with Crippen LogP contribution in [0.4, 0.5) is 0 Å². The van der Waals surface area contributed by atoms with Crippen molar-refractivity contribution >= 4 is 17.3 Å². The number of nitrogens with one attached hydrogen (secondary N) is 1. The van der Waals surface area contributed by atoms with Crippen LogP contribution in [0.5, 0.6) is 0 Å². The molecule has 1 aliphatic rings. The fourth-order valence-electron chi connectivity index (χ4n) is 2.11. The summed E-state index contributed by atoms with van der Waals surface area (Å²) in [5.41, 5.74) is 0. The molecule has 1 fully saturated rings. The highest BCUT2D eigenvalue weighted by molar-refractivity contribution is 5.93. The second-order valence-corrected chi connectivity index (χ2v) is 4.06. The van der Waals surface area contributed by atoms with Crippen molar-refractivity contribution in [2.24, 2.45) is 17.8 Å². The van der Waals surface area contributed by atoms with Crippen LogP contribution in [-0.2, 0) is 14.4 Å². The molecule has 1 rings (SSSR count). The molecule has 0 spiro atoms. The van der Waals surface area contributed by atoms with Crippen LogP contribution in [0.1, 0.15) is 20.8 Å². The summed E-state index contributed by atoms with van der Waals surface area (Å²) in [6.45, 7) is 6.43. The normalized spacial score (nSPS) is 31.0. The summed E-state index contributed by atoms with van der Waals surface area (Å²) in [6.07, 6.45) is 0. The largest absolute Gasteiger partial charge is 0.311 e. The summed E-state index contributed by atoms with van der Waals surface area (Å²) < 4.78 is 0. The first kappa shape index (κ1) is 12.0. The number of ketones is 3. The van der Waals surface area contributed by atoms with E-state index < -0.39 is 11.8 Å². The van der Waals surface area contributed by atoms with Gasteiger partial charge in [-0.15, -0.1) is 0 Å². The van der Waals surface area contributed by atoms with E-state index in [-0.39, 0.29) is 23.3 Å². The maximum absolute atomic E-state index is 11.5. The second kappa shape index (κ2) is 4.66. The van der Waals surface area contributed by atoms with Crippen LogP contribution in [0.2, 0.25) is 0 Å². The highest BCUT2D eigenvalue weighted by Crippen LogP contribution is 2.29. The predicted molar refractivity (Wildman–Crippen MR) is 54.8 cm³/mol. The molecule has 0 bridgehead atoms. The third-order valence-electron chi connectivity index (χ3n) is 2.92. The molecule has 1 aliphatic heterocycles. The van der Waals surface area contributed by atoms with E-state index in [1.54, 1.807) is 6.54 Å². The SMILES string of the molecule is CC(=O)C1[CH]NCC(C(C)=O)C1C(C)=O. The number of hydrogen-bond donors (Lipinski definition) is 1. The van der Waals surface area contributed by atoms with Gasteiger partial charge >= 0.3 is 0 Å². The van der Waals surface area contributed by atoms with Crippen molar-refractivity contribution in [3.8, 4) is 0 Å². The van der Waals surface area contributed by atoms with Gasteiger partial charge in [0.1, 0.15) is 17.3 Å². The summed E-state index contributed by atoms with van der Waals surface area (Å²) in [4.78, 5) is 34.2. The van der Waals surface area contributed by atoms with Crippen LogP contribution in [0.25, 0.3) is 0 Å². The third kappa shape index (κ3) is 2.50. The van der Waals surface area contributed by atoms with Crippen LogP contribution < -0.4 is 5.32 Å². The summed E-state index contributed by atoms with van der Waals surface area (Å²) in [5.74, 6) is -1.53. The van der Waals surface area contributed by atoms with Crippen molar-refractivity contribution in [3.63, 3.8) is 0 Å². The molecular weight excluding hydrogens is 194 g/mol. The topological polar surface area (TPSA) is 63.2 Å². The van der Waals surface area contributed by atoms with Gasteiger partial charge in [-0.3, -0.25) is 14.4 Å². The molecule has 4 heteroatoms. The van der Waals surface area contributed by atoms with E-state index in [0.29, 0.717) is 6.54 Å². The predicted octanol–water partition coefficient (Wildman–Crippen LogP) is 0.367. The molecule has 83 valence electrons. The number of piperidine rings is 1. The van der Waals surface area contributed by atoms with Gasteiger partial charge in [-0.25, -0.2) is 0 Å². The smallest absolute Gasteiger partial charge is 0.135 e. The minimum atomic E-state index is -0.485. The van der Waals surface area contributed by atoms with Crippen LogP contribution >= 0.6 is 0 Å². The van der Waals surface area contributed by atoms with E-state index in [9.17, 15) is 14.4 Å². The van der Waals surface area contributed by atoms with E-state index in [1.807, 2.05) is 0 Å². The molecule has 15 heavy (non-hydrogen) atoms. The second-order valence-electron chi connectivity index (χ2n) is 4.06. The third-order valence-corrected chi connectivity index (χ3v) is 2.92. The van der Waals surface area contributed by atoms with Crippen LogP contribution in [-0.4, -0.2) is 23.9 Å². The first-order chi connectivity index (χ1) is 6.95. The summed E-state index contributed by atoms with van der Waals surface area (Å²) in [5, 5.41) is 2.91. The Morgan fingerprint density at radius 1 is 1.07 bits per heavy atom. The van der Waals surface area contributed by atoms with Crippen LogP contribution in [0.15, 0.2) is 0 Å². The average molecular weight is 210 g/mol. The Labute approximate surface area is 89.4 Å². The van der Waals surface area contributed by atoms with E-state index in [1.165, 1.54) is 20.8 Å². The molecule has 3 unspecified atom stereocenters. The molecular formula is C11H16NO3. The van der Waals surface area contributed by atoms with Gasteiger partial charge in [0.25, 0.3) is 0 Å². The molecule has 1 saturated heterocycles. The van der Waals surface area contributed by atoms with Crippen molar-refractivity contribution in [3.05, 3.63) is 6.54 Å². The molecule has 0 aliphatic carbocycles. The van der Waals surface area contributed by atoms with Crippen molar-refractivity contribution in [1.29, 1.82) is 0 Å². The Balaban J connectivity index is 2.95.